The maximum atomic E-state index is 10.4. The van der Waals surface area contributed by atoms with E-state index in [9.17, 15) is 9.59 Å². The Morgan fingerprint density at radius 2 is 2.18 bits per heavy atom. The van der Waals surface area contributed by atoms with Gasteiger partial charge in [0, 0.05) is 8.73 Å². The fourth-order valence-corrected chi connectivity index (χ4v) is 0.966. The molecule has 0 heterocycles. The minimum absolute atomic E-state index is 0.135. The topological polar surface area (TPSA) is 86.6 Å². The standard InChI is InChI=1S/C5H10NO4P/c1-3(8)11-6-4(2-7)5(9)10/h4,6-7,11H,2H2,1H3,(H,9,10). The summed E-state index contributed by atoms with van der Waals surface area (Å²) in [6.45, 7) is 0.845. The molecule has 0 amide bonds. The summed E-state index contributed by atoms with van der Waals surface area (Å²) in [5, 5.41) is 19.2. The van der Waals surface area contributed by atoms with Crippen LogP contribution < -0.4 is 5.09 Å². The Morgan fingerprint density at radius 1 is 1.64 bits per heavy atom. The highest BCUT2D eigenvalue weighted by Crippen LogP contribution is 2.05. The van der Waals surface area contributed by atoms with Crippen molar-refractivity contribution in [1.29, 1.82) is 0 Å². The van der Waals surface area contributed by atoms with E-state index in [0.717, 1.165) is 0 Å². The van der Waals surface area contributed by atoms with Crippen LogP contribution in [0.3, 0.4) is 0 Å². The molecule has 0 saturated heterocycles. The van der Waals surface area contributed by atoms with Crippen molar-refractivity contribution < 1.29 is 19.8 Å². The van der Waals surface area contributed by atoms with Gasteiger partial charge in [0.15, 0.2) is 5.52 Å². The second-order valence-corrected chi connectivity index (χ2v) is 3.14. The van der Waals surface area contributed by atoms with Gasteiger partial charge in [0.25, 0.3) is 0 Å². The van der Waals surface area contributed by atoms with Gasteiger partial charge < -0.3 is 10.2 Å². The average Bonchev–Trinajstić information content (AvgIpc) is 1.87. The third-order valence-electron chi connectivity index (χ3n) is 0.903. The molecule has 0 aromatic heterocycles. The number of carboxylic acid groups (broad SMARTS) is 1. The number of aliphatic hydroxyl groups excluding tert-OH is 1. The van der Waals surface area contributed by atoms with Crippen molar-refractivity contribution in [2.75, 3.05) is 6.61 Å². The van der Waals surface area contributed by atoms with Crippen molar-refractivity contribution in [3.8, 4) is 0 Å². The molecular weight excluding hydrogens is 169 g/mol. The van der Waals surface area contributed by atoms with Crippen LogP contribution in [0.4, 0.5) is 0 Å². The quantitative estimate of drug-likeness (QED) is 0.479. The number of rotatable bonds is 5. The van der Waals surface area contributed by atoms with Crippen LogP contribution in [0.25, 0.3) is 0 Å². The third-order valence-corrected chi connectivity index (χ3v) is 1.75. The molecule has 2 atom stereocenters. The Kier molecular flexibility index (Phi) is 4.94. The van der Waals surface area contributed by atoms with E-state index in [0.29, 0.717) is 0 Å². The van der Waals surface area contributed by atoms with E-state index < -0.39 is 18.6 Å². The number of carbonyl (C=O) groups is 2. The Balaban J connectivity index is 3.70. The van der Waals surface area contributed by atoms with E-state index in [2.05, 4.69) is 5.09 Å². The molecule has 0 radical (unpaired) electrons. The predicted octanol–water partition coefficient (Wildman–Crippen LogP) is -0.839. The lowest BCUT2D eigenvalue weighted by molar-refractivity contribution is -0.139. The summed E-state index contributed by atoms with van der Waals surface area (Å²) in [7, 11) is -0.261. The van der Waals surface area contributed by atoms with Crippen LogP contribution >= 0.6 is 8.73 Å². The van der Waals surface area contributed by atoms with Crippen LogP contribution in [0.1, 0.15) is 6.92 Å². The van der Waals surface area contributed by atoms with Gasteiger partial charge in [-0.05, 0) is 6.92 Å². The molecule has 0 rings (SSSR count). The number of carbonyl (C=O) groups excluding carboxylic acids is 1. The Hall–Kier alpha value is -0.510. The third kappa shape index (κ3) is 4.84. The van der Waals surface area contributed by atoms with Gasteiger partial charge in [-0.3, -0.25) is 14.7 Å². The van der Waals surface area contributed by atoms with Crippen LogP contribution in [0, 0.1) is 0 Å². The van der Waals surface area contributed by atoms with Crippen molar-refractivity contribution in [1.82, 2.24) is 5.09 Å². The van der Waals surface area contributed by atoms with E-state index in [1.54, 1.807) is 0 Å². The predicted molar refractivity (Wildman–Crippen MR) is 40.6 cm³/mol. The first kappa shape index (κ1) is 10.5. The molecule has 5 nitrogen and oxygen atoms in total. The molecular formula is C5H10NO4P. The zero-order chi connectivity index (χ0) is 8.85. The molecule has 0 bridgehead atoms. The molecule has 0 aliphatic carbocycles. The maximum absolute atomic E-state index is 10.4. The molecule has 0 aliphatic heterocycles. The smallest absolute Gasteiger partial charge is 0.323 e. The fourth-order valence-electron chi connectivity index (χ4n) is 0.374. The highest BCUT2D eigenvalue weighted by molar-refractivity contribution is 7.55. The van der Waals surface area contributed by atoms with Crippen LogP contribution in [0.5, 0.6) is 0 Å². The van der Waals surface area contributed by atoms with Crippen molar-refractivity contribution in [2.45, 2.75) is 13.0 Å². The van der Waals surface area contributed by atoms with Gasteiger partial charge in [0.1, 0.15) is 6.04 Å². The van der Waals surface area contributed by atoms with Gasteiger partial charge >= 0.3 is 5.97 Å². The Bertz CT molecular complexity index is 161. The van der Waals surface area contributed by atoms with Gasteiger partial charge in [0.05, 0.1) is 6.61 Å². The summed E-state index contributed by atoms with van der Waals surface area (Å²) in [5.74, 6) is -1.15. The van der Waals surface area contributed by atoms with Crippen molar-refractivity contribution in [3.63, 3.8) is 0 Å². The van der Waals surface area contributed by atoms with Gasteiger partial charge in [-0.25, -0.2) is 0 Å². The number of carboxylic acids is 1. The van der Waals surface area contributed by atoms with E-state index in [-0.39, 0.29) is 14.3 Å². The average molecular weight is 179 g/mol. The monoisotopic (exact) mass is 179 g/mol. The van der Waals surface area contributed by atoms with E-state index in [1.165, 1.54) is 6.92 Å². The molecule has 0 fully saturated rings. The van der Waals surface area contributed by atoms with E-state index in [4.69, 9.17) is 10.2 Å². The molecule has 3 N–H and O–H groups in total. The second-order valence-electron chi connectivity index (χ2n) is 1.90. The van der Waals surface area contributed by atoms with Crippen molar-refractivity contribution in [2.24, 2.45) is 0 Å². The fraction of sp³-hybridized carbons (Fsp3) is 0.600. The molecule has 2 unspecified atom stereocenters. The summed E-state index contributed by atoms with van der Waals surface area (Å²) in [4.78, 5) is 20.6. The first-order valence-corrected chi connectivity index (χ1v) is 3.93. The largest absolute Gasteiger partial charge is 0.480 e. The number of aliphatic carboxylic acids is 1. The molecule has 0 spiro atoms. The summed E-state index contributed by atoms with van der Waals surface area (Å²) in [5.41, 5.74) is -0.135. The Labute approximate surface area is 65.6 Å². The molecule has 0 aliphatic rings. The zero-order valence-electron chi connectivity index (χ0n) is 6.00. The maximum Gasteiger partial charge on any atom is 0.323 e. The van der Waals surface area contributed by atoms with Gasteiger partial charge in [-0.2, -0.15) is 0 Å². The minimum Gasteiger partial charge on any atom is -0.480 e. The Morgan fingerprint density at radius 3 is 2.45 bits per heavy atom. The lowest BCUT2D eigenvalue weighted by atomic mass is 10.3. The van der Waals surface area contributed by atoms with Crippen LogP contribution in [-0.4, -0.2) is 34.4 Å². The molecule has 6 heteroatoms. The van der Waals surface area contributed by atoms with Gasteiger partial charge in [-0.1, -0.05) is 0 Å². The highest BCUT2D eigenvalue weighted by atomic mass is 31.1. The van der Waals surface area contributed by atoms with Crippen molar-refractivity contribution >= 4 is 20.2 Å². The number of nitrogens with one attached hydrogen (secondary N) is 1. The summed E-state index contributed by atoms with van der Waals surface area (Å²) >= 11 is 0. The molecule has 0 saturated carbocycles. The molecule has 0 aromatic carbocycles. The number of hydrogen-bond donors (Lipinski definition) is 3. The SMILES string of the molecule is CC(=O)PNC(CO)C(=O)O. The highest BCUT2D eigenvalue weighted by Gasteiger charge is 2.14. The molecule has 0 aromatic rings. The lowest BCUT2D eigenvalue weighted by Gasteiger charge is -2.08. The van der Waals surface area contributed by atoms with Gasteiger partial charge in [-0.15, -0.1) is 0 Å². The van der Waals surface area contributed by atoms with E-state index >= 15 is 0 Å². The zero-order valence-corrected chi connectivity index (χ0v) is 7.00. The molecule has 11 heavy (non-hydrogen) atoms. The van der Waals surface area contributed by atoms with Crippen LogP contribution in [-0.2, 0) is 9.59 Å². The number of hydrogen-bond acceptors (Lipinski definition) is 4. The van der Waals surface area contributed by atoms with Crippen molar-refractivity contribution in [3.05, 3.63) is 0 Å². The van der Waals surface area contributed by atoms with Gasteiger partial charge in [0.2, 0.25) is 0 Å². The first-order chi connectivity index (χ1) is 5.07. The minimum atomic E-state index is -1.15. The van der Waals surface area contributed by atoms with Crippen LogP contribution in [0.2, 0.25) is 0 Å². The number of aliphatic hydroxyl groups is 1. The lowest BCUT2D eigenvalue weighted by Crippen LogP contribution is -2.35. The summed E-state index contributed by atoms with van der Waals surface area (Å²) in [6.07, 6.45) is 0. The van der Waals surface area contributed by atoms with Crippen LogP contribution in [0.15, 0.2) is 0 Å². The first-order valence-electron chi connectivity index (χ1n) is 2.93. The normalized spacial score (nSPS) is 13.6. The summed E-state index contributed by atoms with van der Waals surface area (Å²) in [6, 6.07) is -1.03. The second kappa shape index (κ2) is 5.18. The molecule has 64 valence electrons. The summed E-state index contributed by atoms with van der Waals surface area (Å²) < 4.78 is 0. The van der Waals surface area contributed by atoms with E-state index in [1.807, 2.05) is 0 Å².